The second-order valence-corrected chi connectivity index (χ2v) is 27.8. The molecule has 538 valence electrons. The molecule has 1 spiro atoms. The van der Waals surface area contributed by atoms with Crippen LogP contribution in [0, 0.1) is 17.8 Å². The van der Waals surface area contributed by atoms with Crippen molar-refractivity contribution < 1.29 is 79.1 Å². The minimum Gasteiger partial charge on any atom is -0.351 e. The van der Waals surface area contributed by atoms with Crippen LogP contribution >= 0.6 is 11.6 Å². The van der Waals surface area contributed by atoms with E-state index >= 15 is 9.59 Å². The average molecular weight is 1390 g/mol. The van der Waals surface area contributed by atoms with E-state index in [1.807, 2.05) is 13.8 Å². The van der Waals surface area contributed by atoms with Crippen molar-refractivity contribution >= 4 is 76.6 Å². The van der Waals surface area contributed by atoms with Crippen LogP contribution in [0.1, 0.15) is 154 Å². The number of nitrogens with one attached hydrogen (secondary N) is 4. The molecule has 2 aromatic carbocycles. The zero-order chi connectivity index (χ0) is 72.3. The van der Waals surface area contributed by atoms with Crippen molar-refractivity contribution in [1.82, 2.24) is 55.6 Å². The van der Waals surface area contributed by atoms with Crippen molar-refractivity contribution in [2.45, 2.75) is 211 Å². The standard InChI is InChI=1S/C68H96ClF6N11O11/c1-13-40(4)56-64(96)81(8)37-54(88)80(7)38-55(89)84(11)52(36-44-22-26-46(27-23-44)67(70,71)72)63(95)82(9)42(6)58(90)77-49(29-25-43-24-28-47(48(69)35-43)68(73,74)75)62(94)86-32-18-21-50(86)60(92)79-66(30-16-17-31-66)65(97)85(12)57(45-19-14-15-20-45)61(93)76-41(5)34-53(87)83(10)51(33-39(2)3)59(91)78-56/h22-24,26-28,35,39-42,45,49-52,56-57H,13-21,25,29-34,36-38H2,1-12H3,(H,76,93)(H,77,90)(H,78,91)(H,79,92)/t40-,41+,42+,49-,50-,51-,52-,56-,57-/m0/s1. The van der Waals surface area contributed by atoms with Crippen LogP contribution in [0.4, 0.5) is 26.3 Å². The summed E-state index contributed by atoms with van der Waals surface area (Å²) in [6.45, 7) is 8.81. The number of carbonyl (C=O) groups is 11. The van der Waals surface area contributed by atoms with E-state index in [1.54, 1.807) is 20.8 Å². The first-order valence-corrected chi connectivity index (χ1v) is 33.8. The monoisotopic (exact) mass is 1390 g/mol. The molecule has 0 aromatic heterocycles. The molecule has 97 heavy (non-hydrogen) atoms. The number of alkyl halides is 6. The molecule has 2 aromatic rings. The summed E-state index contributed by atoms with van der Waals surface area (Å²) in [6.07, 6.45) is -5.62. The molecule has 2 saturated carbocycles. The van der Waals surface area contributed by atoms with Crippen LogP contribution in [0.2, 0.25) is 5.02 Å². The smallest absolute Gasteiger partial charge is 0.351 e. The van der Waals surface area contributed by atoms with Gasteiger partial charge in [0.1, 0.15) is 47.8 Å². The highest BCUT2D eigenvalue weighted by molar-refractivity contribution is 6.31. The first-order chi connectivity index (χ1) is 45.3. The van der Waals surface area contributed by atoms with Gasteiger partial charge < -0.3 is 55.6 Å². The molecule has 6 rings (SSSR count). The number of benzene rings is 2. The zero-order valence-electron chi connectivity index (χ0n) is 57.6. The topological polar surface area (TPSA) is 259 Å². The third-order valence-electron chi connectivity index (χ3n) is 19.8. The minimum absolute atomic E-state index is 0.0174. The summed E-state index contributed by atoms with van der Waals surface area (Å²) in [5.41, 5.74) is -3.28. The van der Waals surface area contributed by atoms with Crippen molar-refractivity contribution in [3.05, 3.63) is 69.7 Å². The molecule has 2 aliphatic carbocycles. The number of rotatable bonds is 10. The molecule has 4 aliphatic rings. The molecule has 2 saturated heterocycles. The fraction of sp³-hybridized carbons (Fsp3) is 0.662. The van der Waals surface area contributed by atoms with Crippen LogP contribution < -0.4 is 21.3 Å². The van der Waals surface area contributed by atoms with Crippen LogP contribution in [-0.4, -0.2) is 215 Å². The van der Waals surface area contributed by atoms with Gasteiger partial charge >= 0.3 is 12.4 Å². The fourth-order valence-corrected chi connectivity index (χ4v) is 13.8. The van der Waals surface area contributed by atoms with Gasteiger partial charge in [-0.25, -0.2) is 0 Å². The summed E-state index contributed by atoms with van der Waals surface area (Å²) in [5, 5.41) is 10.9. The van der Waals surface area contributed by atoms with Crippen LogP contribution in [-0.2, 0) is 77.9 Å². The Kier molecular flexibility index (Phi) is 27.0. The molecule has 11 amide bonds. The number of hydrogen-bond acceptors (Lipinski definition) is 11. The molecule has 29 heteroatoms. The Morgan fingerprint density at radius 2 is 1.21 bits per heavy atom. The van der Waals surface area contributed by atoms with Gasteiger partial charge in [0.2, 0.25) is 65.0 Å². The van der Waals surface area contributed by atoms with E-state index in [9.17, 15) is 69.5 Å². The first kappa shape index (κ1) is 78.5. The normalized spacial score (nSPS) is 26.0. The predicted molar refractivity (Wildman–Crippen MR) is 348 cm³/mol. The highest BCUT2D eigenvalue weighted by atomic mass is 35.5. The van der Waals surface area contributed by atoms with Crippen LogP contribution in [0.15, 0.2) is 42.5 Å². The summed E-state index contributed by atoms with van der Waals surface area (Å²) in [6, 6.07) is -3.25. The maximum absolute atomic E-state index is 15.3. The van der Waals surface area contributed by atoms with Gasteiger partial charge in [-0.05, 0) is 125 Å². The molecule has 2 heterocycles. The molecule has 0 unspecified atom stereocenters. The van der Waals surface area contributed by atoms with E-state index in [0.717, 1.165) is 74.9 Å². The fourth-order valence-electron chi connectivity index (χ4n) is 13.5. The largest absolute Gasteiger partial charge is 0.417 e. The first-order valence-electron chi connectivity index (χ1n) is 33.4. The lowest BCUT2D eigenvalue weighted by Gasteiger charge is -2.40. The number of hydrogen-bond donors (Lipinski definition) is 4. The summed E-state index contributed by atoms with van der Waals surface area (Å²) in [5.74, 6) is -8.91. The number of carbonyl (C=O) groups excluding carboxylic acids is 11. The van der Waals surface area contributed by atoms with E-state index in [2.05, 4.69) is 21.3 Å². The minimum atomic E-state index is -4.80. The lowest BCUT2D eigenvalue weighted by Crippen LogP contribution is -2.64. The van der Waals surface area contributed by atoms with E-state index in [4.69, 9.17) is 11.6 Å². The molecule has 22 nitrogen and oxygen atoms in total. The number of amides is 11. The molecule has 9 atom stereocenters. The number of nitrogens with zero attached hydrogens (tertiary/aromatic N) is 7. The Balaban J connectivity index is 1.41. The Hall–Kier alpha value is -7.52. The Bertz CT molecular complexity index is 3200. The number of likely N-dealkylation sites (N-methyl/N-ethyl adjacent to an activating group) is 6. The Morgan fingerprint density at radius 1 is 0.608 bits per heavy atom. The van der Waals surface area contributed by atoms with E-state index in [0.29, 0.717) is 32.1 Å². The Labute approximate surface area is 568 Å². The Morgan fingerprint density at radius 3 is 1.78 bits per heavy atom. The maximum Gasteiger partial charge on any atom is 0.417 e. The molecule has 0 radical (unpaired) electrons. The number of fused-ring (bicyclic) bond motifs is 1. The van der Waals surface area contributed by atoms with Crippen LogP contribution in [0.3, 0.4) is 0 Å². The lowest BCUT2D eigenvalue weighted by molar-refractivity contribution is -0.150. The van der Waals surface area contributed by atoms with Gasteiger partial charge in [0.25, 0.3) is 0 Å². The van der Waals surface area contributed by atoms with E-state index in [-0.39, 0.29) is 80.9 Å². The highest BCUT2D eigenvalue weighted by Crippen LogP contribution is 2.38. The van der Waals surface area contributed by atoms with Crippen molar-refractivity contribution in [2.24, 2.45) is 17.8 Å². The van der Waals surface area contributed by atoms with Crippen molar-refractivity contribution in [3.63, 3.8) is 0 Å². The average Bonchev–Trinajstić information content (AvgIpc) is 1.76. The summed E-state index contributed by atoms with van der Waals surface area (Å²) < 4.78 is 82.8. The SMILES string of the molecule is CC[C@H](C)[C@@H]1NC(=O)[C@H](CC(C)C)N(C)C(=O)C[C@@H](C)NC(=O)[C@H](C2CCCC2)N(C)C(=O)C2(CCCC2)NC(=O)[C@@H]2CCCN2C(=O)[C@H](CCc2ccc(C(F)(F)F)c(Cl)c2)NC(=O)[C@@H](C)N(C)C(=O)[C@H](Cc2ccc(C(F)(F)F)cc2)N(C)C(=O)CN(C)C(=O)CN(C)C1=O. The number of halogens is 7. The van der Waals surface area contributed by atoms with Crippen LogP contribution in [0.5, 0.6) is 0 Å². The van der Waals surface area contributed by atoms with Gasteiger partial charge in [0, 0.05) is 67.7 Å². The lowest BCUT2D eigenvalue weighted by atomic mass is 9.90. The molecule has 4 fully saturated rings. The molecule has 4 N–H and O–H groups in total. The van der Waals surface area contributed by atoms with E-state index in [1.165, 1.54) is 63.9 Å². The van der Waals surface area contributed by atoms with E-state index < -0.39 is 173 Å². The van der Waals surface area contributed by atoms with Gasteiger partial charge in [-0.3, -0.25) is 52.7 Å². The quantitative estimate of drug-likeness (QED) is 0.190. The second-order valence-electron chi connectivity index (χ2n) is 27.4. The predicted octanol–water partition coefficient (Wildman–Crippen LogP) is 6.38. The third kappa shape index (κ3) is 19.7. The third-order valence-corrected chi connectivity index (χ3v) is 20.1. The number of aryl methyl sites for hydroxylation is 1. The van der Waals surface area contributed by atoms with Gasteiger partial charge in [0.15, 0.2) is 0 Å². The van der Waals surface area contributed by atoms with Gasteiger partial charge in [-0.15, -0.1) is 0 Å². The second kappa shape index (κ2) is 33.4. The highest BCUT2D eigenvalue weighted by Gasteiger charge is 2.51. The molecule has 2 aliphatic heterocycles. The van der Waals surface area contributed by atoms with Crippen molar-refractivity contribution in [2.75, 3.05) is 61.9 Å². The summed E-state index contributed by atoms with van der Waals surface area (Å²) in [4.78, 5) is 169. The molecular weight excluding hydrogens is 1300 g/mol. The van der Waals surface area contributed by atoms with Gasteiger partial charge in [0.05, 0.1) is 29.2 Å². The summed E-state index contributed by atoms with van der Waals surface area (Å²) in [7, 11) is 7.97. The van der Waals surface area contributed by atoms with Crippen LogP contribution in [0.25, 0.3) is 0 Å². The maximum atomic E-state index is 15.3. The van der Waals surface area contributed by atoms with Crippen molar-refractivity contribution in [3.8, 4) is 0 Å². The summed E-state index contributed by atoms with van der Waals surface area (Å²) >= 11 is 6.11. The van der Waals surface area contributed by atoms with Crippen molar-refractivity contribution in [1.29, 1.82) is 0 Å². The molecule has 0 bridgehead atoms. The zero-order valence-corrected chi connectivity index (χ0v) is 58.4. The van der Waals surface area contributed by atoms with Gasteiger partial charge in [-0.1, -0.05) is 89.6 Å². The van der Waals surface area contributed by atoms with Gasteiger partial charge in [-0.2, -0.15) is 26.3 Å². The molecular formula is C68H96ClF6N11O11.